The number of nitrogens with zero attached hydrogens (tertiary/aromatic N) is 2. The molecular weight excluding hydrogens is 262 g/mol. The van der Waals surface area contributed by atoms with E-state index in [1.54, 1.807) is 0 Å². The molecule has 0 aromatic heterocycles. The first-order valence-electron chi connectivity index (χ1n) is 6.90. The molecule has 0 aromatic carbocycles. The van der Waals surface area contributed by atoms with Crippen LogP contribution in [0.5, 0.6) is 0 Å². The number of nitrogens with one attached hydrogen (secondary N) is 1. The van der Waals surface area contributed by atoms with Gasteiger partial charge in [-0.2, -0.15) is 0 Å². The molecule has 7 heteroatoms. The largest absolute Gasteiger partial charge is 0.480 e. The van der Waals surface area contributed by atoms with Crippen LogP contribution in [0.4, 0.5) is 4.79 Å². The molecule has 0 saturated carbocycles. The zero-order valence-corrected chi connectivity index (χ0v) is 12.5. The van der Waals surface area contributed by atoms with Gasteiger partial charge < -0.3 is 25.0 Å². The van der Waals surface area contributed by atoms with Gasteiger partial charge >= 0.3 is 12.0 Å². The van der Waals surface area contributed by atoms with E-state index in [9.17, 15) is 9.59 Å². The van der Waals surface area contributed by atoms with Crippen molar-refractivity contribution in [1.29, 1.82) is 0 Å². The van der Waals surface area contributed by atoms with Gasteiger partial charge in [-0.3, -0.25) is 4.79 Å². The Morgan fingerprint density at radius 3 is 2.75 bits per heavy atom. The second kappa shape index (κ2) is 8.06. The lowest BCUT2D eigenvalue weighted by molar-refractivity contribution is -0.137. The summed E-state index contributed by atoms with van der Waals surface area (Å²) >= 11 is 0. The van der Waals surface area contributed by atoms with Crippen LogP contribution in [0.3, 0.4) is 0 Å². The second-order valence-electron chi connectivity index (χ2n) is 5.31. The molecule has 116 valence electrons. The molecule has 20 heavy (non-hydrogen) atoms. The van der Waals surface area contributed by atoms with Crippen molar-refractivity contribution < 1.29 is 19.4 Å². The van der Waals surface area contributed by atoms with Crippen LogP contribution in [0.15, 0.2) is 0 Å². The number of carboxylic acid groups (broad SMARTS) is 1. The van der Waals surface area contributed by atoms with Gasteiger partial charge in [0.1, 0.15) is 6.54 Å². The van der Waals surface area contributed by atoms with Gasteiger partial charge in [0.25, 0.3) is 0 Å². The number of aliphatic carboxylic acids is 1. The number of rotatable bonds is 6. The summed E-state index contributed by atoms with van der Waals surface area (Å²) in [6, 6.07) is 0.194. The van der Waals surface area contributed by atoms with Crippen LogP contribution in [0, 0.1) is 0 Å². The number of piperidine rings is 1. The van der Waals surface area contributed by atoms with Gasteiger partial charge in [-0.15, -0.1) is 0 Å². The zero-order chi connectivity index (χ0) is 15.1. The SMILES string of the molecule is COCCN(CC(=O)O)C(=O)NC1CCN(C)C(C)C1. The Morgan fingerprint density at radius 2 is 2.20 bits per heavy atom. The molecule has 1 rings (SSSR count). The number of carboxylic acids is 1. The predicted octanol–water partition coefficient (Wildman–Crippen LogP) is 0.212. The van der Waals surface area contributed by atoms with Crippen LogP contribution >= 0.6 is 0 Å². The first-order valence-corrected chi connectivity index (χ1v) is 6.90. The molecule has 1 aliphatic heterocycles. The number of urea groups is 1. The normalized spacial score (nSPS) is 23.4. The van der Waals surface area contributed by atoms with Crippen molar-refractivity contribution in [2.24, 2.45) is 0 Å². The molecule has 1 heterocycles. The molecule has 7 nitrogen and oxygen atoms in total. The third-order valence-electron chi connectivity index (χ3n) is 3.71. The fourth-order valence-electron chi connectivity index (χ4n) is 2.30. The minimum atomic E-state index is -1.02. The molecule has 0 aromatic rings. The number of hydrogen-bond acceptors (Lipinski definition) is 4. The lowest BCUT2D eigenvalue weighted by Gasteiger charge is -2.36. The molecule has 0 bridgehead atoms. The maximum Gasteiger partial charge on any atom is 0.323 e. The molecule has 0 radical (unpaired) electrons. The van der Waals surface area contributed by atoms with Crippen LogP contribution in [-0.4, -0.2) is 79.4 Å². The van der Waals surface area contributed by atoms with E-state index in [4.69, 9.17) is 9.84 Å². The van der Waals surface area contributed by atoms with E-state index in [1.165, 1.54) is 12.0 Å². The fourth-order valence-corrected chi connectivity index (χ4v) is 2.30. The predicted molar refractivity (Wildman–Crippen MR) is 74.7 cm³/mol. The van der Waals surface area contributed by atoms with E-state index in [0.29, 0.717) is 12.6 Å². The summed E-state index contributed by atoms with van der Waals surface area (Å²) < 4.78 is 4.90. The number of likely N-dealkylation sites (tertiary alicyclic amines) is 1. The van der Waals surface area contributed by atoms with E-state index in [-0.39, 0.29) is 25.2 Å². The minimum absolute atomic E-state index is 0.104. The van der Waals surface area contributed by atoms with Crippen molar-refractivity contribution >= 4 is 12.0 Å². The van der Waals surface area contributed by atoms with Gasteiger partial charge in [0.15, 0.2) is 0 Å². The van der Waals surface area contributed by atoms with E-state index in [1.807, 2.05) is 0 Å². The second-order valence-corrected chi connectivity index (χ2v) is 5.31. The van der Waals surface area contributed by atoms with Gasteiger partial charge in [-0.1, -0.05) is 0 Å². The third-order valence-corrected chi connectivity index (χ3v) is 3.71. The molecule has 2 unspecified atom stereocenters. The van der Waals surface area contributed by atoms with Gasteiger partial charge in [0.05, 0.1) is 6.61 Å². The molecule has 1 aliphatic rings. The fraction of sp³-hybridized carbons (Fsp3) is 0.846. The third kappa shape index (κ3) is 5.34. The Kier molecular flexibility index (Phi) is 6.74. The Labute approximate surface area is 119 Å². The molecule has 0 aliphatic carbocycles. The summed E-state index contributed by atoms with van der Waals surface area (Å²) in [4.78, 5) is 26.4. The van der Waals surface area contributed by atoms with E-state index in [0.717, 1.165) is 19.4 Å². The standard InChI is InChI=1S/C13H25N3O4/c1-10-8-11(4-5-15(10)2)14-13(19)16(6-7-20-3)9-12(17)18/h10-11H,4-9H2,1-3H3,(H,14,19)(H,17,18). The average molecular weight is 287 g/mol. The number of amides is 2. The topological polar surface area (TPSA) is 82.1 Å². The molecular formula is C13H25N3O4. The van der Waals surface area contributed by atoms with Crippen molar-refractivity contribution in [3.63, 3.8) is 0 Å². The summed E-state index contributed by atoms with van der Waals surface area (Å²) in [5, 5.41) is 11.8. The van der Waals surface area contributed by atoms with Crippen LogP contribution in [0.2, 0.25) is 0 Å². The summed E-state index contributed by atoms with van der Waals surface area (Å²) in [5.41, 5.74) is 0. The van der Waals surface area contributed by atoms with Crippen LogP contribution in [0.25, 0.3) is 0 Å². The van der Waals surface area contributed by atoms with Crippen LogP contribution in [0.1, 0.15) is 19.8 Å². The summed E-state index contributed by atoms with van der Waals surface area (Å²) in [7, 11) is 3.59. The number of methoxy groups -OCH3 is 1. The maximum absolute atomic E-state index is 12.1. The quantitative estimate of drug-likeness (QED) is 0.730. The Bertz CT molecular complexity index is 338. The molecule has 2 atom stereocenters. The summed E-state index contributed by atoms with van der Waals surface area (Å²) in [5.74, 6) is -1.02. The molecule has 1 saturated heterocycles. The van der Waals surface area contributed by atoms with Crippen LogP contribution < -0.4 is 5.32 Å². The van der Waals surface area contributed by atoms with E-state index in [2.05, 4.69) is 24.2 Å². The smallest absolute Gasteiger partial charge is 0.323 e. The Morgan fingerprint density at radius 1 is 1.50 bits per heavy atom. The number of carbonyl (C=O) groups is 2. The Hall–Kier alpha value is -1.34. The molecule has 1 fully saturated rings. The van der Waals surface area contributed by atoms with Crippen molar-refractivity contribution in [3.05, 3.63) is 0 Å². The summed E-state index contributed by atoms with van der Waals surface area (Å²) in [6.45, 7) is 3.35. The van der Waals surface area contributed by atoms with Crippen LogP contribution in [-0.2, 0) is 9.53 Å². The molecule has 2 N–H and O–H groups in total. The van der Waals surface area contributed by atoms with Gasteiger partial charge in [-0.05, 0) is 26.8 Å². The van der Waals surface area contributed by atoms with Crippen molar-refractivity contribution in [2.45, 2.75) is 31.8 Å². The highest BCUT2D eigenvalue weighted by Gasteiger charge is 2.26. The summed E-state index contributed by atoms with van der Waals surface area (Å²) in [6.07, 6.45) is 1.77. The van der Waals surface area contributed by atoms with Crippen molar-refractivity contribution in [2.75, 3.05) is 40.4 Å². The van der Waals surface area contributed by atoms with E-state index >= 15 is 0 Å². The van der Waals surface area contributed by atoms with Gasteiger partial charge in [0.2, 0.25) is 0 Å². The minimum Gasteiger partial charge on any atom is -0.480 e. The first kappa shape index (κ1) is 16.7. The lowest BCUT2D eigenvalue weighted by Crippen LogP contribution is -2.52. The highest BCUT2D eigenvalue weighted by Crippen LogP contribution is 2.15. The number of ether oxygens (including phenoxy) is 1. The highest BCUT2D eigenvalue weighted by molar-refractivity contribution is 5.80. The maximum atomic E-state index is 12.1. The highest BCUT2D eigenvalue weighted by atomic mass is 16.5. The van der Waals surface area contributed by atoms with Gasteiger partial charge in [0, 0.05) is 32.3 Å². The zero-order valence-electron chi connectivity index (χ0n) is 12.5. The lowest BCUT2D eigenvalue weighted by atomic mass is 9.99. The number of hydrogen-bond donors (Lipinski definition) is 2. The van der Waals surface area contributed by atoms with Crippen molar-refractivity contribution in [3.8, 4) is 0 Å². The monoisotopic (exact) mass is 287 g/mol. The van der Waals surface area contributed by atoms with E-state index < -0.39 is 5.97 Å². The van der Waals surface area contributed by atoms with Crippen molar-refractivity contribution in [1.82, 2.24) is 15.1 Å². The molecule has 0 spiro atoms. The Balaban J connectivity index is 2.50. The number of carbonyl (C=O) groups excluding carboxylic acids is 1. The first-order chi connectivity index (χ1) is 9.43. The average Bonchev–Trinajstić information content (AvgIpc) is 2.38. The van der Waals surface area contributed by atoms with Gasteiger partial charge in [-0.25, -0.2) is 4.79 Å². The molecule has 2 amide bonds.